The molecule has 2 aliphatic rings. The average Bonchev–Trinajstić information content (AvgIpc) is 3.51. The van der Waals surface area contributed by atoms with Gasteiger partial charge in [0.05, 0.1) is 29.9 Å². The van der Waals surface area contributed by atoms with Crippen LogP contribution < -0.4 is 5.32 Å². The van der Waals surface area contributed by atoms with Crippen molar-refractivity contribution in [2.24, 2.45) is 11.8 Å². The first-order valence-corrected chi connectivity index (χ1v) is 12.0. The van der Waals surface area contributed by atoms with Crippen molar-refractivity contribution >= 4 is 28.8 Å². The second-order valence-electron chi connectivity index (χ2n) is 9.78. The number of anilines is 1. The van der Waals surface area contributed by atoms with E-state index in [-0.39, 0.29) is 36.6 Å². The molecule has 3 heterocycles. The fraction of sp³-hybridized carbons (Fsp3) is 0.696. The summed E-state index contributed by atoms with van der Waals surface area (Å²) in [5, 5.41) is 32.6. The van der Waals surface area contributed by atoms with Crippen molar-refractivity contribution in [2.45, 2.75) is 83.6 Å². The standard InChI is InChI=1S/C23H33N5O7/c1-11(2)22(31)33-9-16-18(29)19(30)21(35-16)28-10-24-17-15(28)8-25-27-20(17)26-13-5-6-14(7-13)34-23(32)12(3)4/h8,10-14,16,18-19,21,29-30H,5-7,9H2,1-4H3,(H,26,27)/t13-,14-,16?,18-,19-,21?/m1/s1. The summed E-state index contributed by atoms with van der Waals surface area (Å²) in [7, 11) is 0. The van der Waals surface area contributed by atoms with Crippen LogP contribution >= 0.6 is 0 Å². The number of ether oxygens (including phenoxy) is 3. The molecule has 12 heteroatoms. The first-order valence-electron chi connectivity index (χ1n) is 12.0. The summed E-state index contributed by atoms with van der Waals surface area (Å²) in [5.41, 5.74) is 1.09. The van der Waals surface area contributed by atoms with E-state index in [9.17, 15) is 19.8 Å². The number of fused-ring (bicyclic) bond motifs is 1. The summed E-state index contributed by atoms with van der Waals surface area (Å²) in [6, 6.07) is 0.0418. The van der Waals surface area contributed by atoms with E-state index in [2.05, 4.69) is 20.5 Å². The van der Waals surface area contributed by atoms with Gasteiger partial charge < -0.3 is 29.7 Å². The van der Waals surface area contributed by atoms with Crippen molar-refractivity contribution in [3.05, 3.63) is 12.5 Å². The van der Waals surface area contributed by atoms with Crippen LogP contribution in [-0.2, 0) is 23.8 Å². The lowest BCUT2D eigenvalue weighted by Crippen LogP contribution is -2.34. The quantitative estimate of drug-likeness (QED) is 0.455. The lowest BCUT2D eigenvalue weighted by molar-refractivity contribution is -0.154. The van der Waals surface area contributed by atoms with Crippen molar-refractivity contribution in [3.8, 4) is 0 Å². The molecule has 192 valence electrons. The van der Waals surface area contributed by atoms with Crippen LogP contribution in [0.4, 0.5) is 5.82 Å². The van der Waals surface area contributed by atoms with Gasteiger partial charge in [0.1, 0.15) is 36.5 Å². The molecule has 2 aromatic rings. The zero-order valence-corrected chi connectivity index (χ0v) is 20.3. The summed E-state index contributed by atoms with van der Waals surface area (Å²) in [5.74, 6) is -0.623. The summed E-state index contributed by atoms with van der Waals surface area (Å²) >= 11 is 0. The number of aromatic nitrogens is 4. The first-order chi connectivity index (χ1) is 16.7. The van der Waals surface area contributed by atoms with Gasteiger partial charge >= 0.3 is 11.9 Å². The average molecular weight is 492 g/mol. The van der Waals surface area contributed by atoms with Crippen LogP contribution in [0.2, 0.25) is 0 Å². The number of imidazole rings is 1. The first kappa shape index (κ1) is 25.3. The van der Waals surface area contributed by atoms with Gasteiger partial charge in [-0.3, -0.25) is 14.2 Å². The molecule has 2 unspecified atom stereocenters. The number of carbonyl (C=O) groups is 2. The SMILES string of the molecule is CC(C)C(=O)OCC1OC(n2cnc3c(N[C@@H]4CC[C@@H](OC(=O)C(C)C)C4)nncc32)[C@H](O)[C@@H]1O. The Morgan fingerprint density at radius 2 is 1.91 bits per heavy atom. The zero-order chi connectivity index (χ0) is 25.3. The summed E-state index contributed by atoms with van der Waals surface area (Å²) < 4.78 is 18.1. The molecule has 1 saturated carbocycles. The highest BCUT2D eigenvalue weighted by Gasteiger charge is 2.45. The number of rotatable bonds is 8. The largest absolute Gasteiger partial charge is 0.463 e. The van der Waals surface area contributed by atoms with Crippen molar-refractivity contribution in [2.75, 3.05) is 11.9 Å². The smallest absolute Gasteiger partial charge is 0.308 e. The van der Waals surface area contributed by atoms with Gasteiger partial charge in [-0.2, -0.15) is 5.10 Å². The molecule has 0 aromatic carbocycles. The molecule has 0 amide bonds. The van der Waals surface area contributed by atoms with Crippen molar-refractivity contribution in [1.29, 1.82) is 0 Å². The van der Waals surface area contributed by atoms with Crippen molar-refractivity contribution in [1.82, 2.24) is 19.7 Å². The molecule has 1 saturated heterocycles. The van der Waals surface area contributed by atoms with E-state index in [4.69, 9.17) is 14.2 Å². The number of esters is 2. The van der Waals surface area contributed by atoms with Gasteiger partial charge in [-0.25, -0.2) is 4.98 Å². The van der Waals surface area contributed by atoms with E-state index in [1.54, 1.807) is 18.4 Å². The Bertz CT molecular complexity index is 1060. The molecule has 2 fully saturated rings. The van der Waals surface area contributed by atoms with Crippen LogP contribution in [0.15, 0.2) is 12.5 Å². The second-order valence-corrected chi connectivity index (χ2v) is 9.78. The normalized spacial score (nSPS) is 28.7. The number of aliphatic hydroxyl groups is 2. The summed E-state index contributed by atoms with van der Waals surface area (Å²) in [4.78, 5) is 28.1. The van der Waals surface area contributed by atoms with Crippen LogP contribution in [-0.4, -0.2) is 79.0 Å². The highest BCUT2D eigenvalue weighted by atomic mass is 16.6. The molecule has 4 rings (SSSR count). The maximum Gasteiger partial charge on any atom is 0.308 e. The molecule has 35 heavy (non-hydrogen) atoms. The molecule has 1 aliphatic carbocycles. The van der Waals surface area contributed by atoms with Crippen molar-refractivity contribution in [3.63, 3.8) is 0 Å². The van der Waals surface area contributed by atoms with Gasteiger partial charge in [-0.1, -0.05) is 27.7 Å². The molecule has 6 atom stereocenters. The molecule has 2 aromatic heterocycles. The summed E-state index contributed by atoms with van der Waals surface area (Å²) in [6.07, 6.45) is 0.752. The predicted octanol–water partition coefficient (Wildman–Crippen LogP) is 1.18. The van der Waals surface area contributed by atoms with E-state index < -0.39 is 30.5 Å². The van der Waals surface area contributed by atoms with Gasteiger partial charge in [-0.15, -0.1) is 5.10 Å². The molecule has 3 N–H and O–H groups in total. The molecular weight excluding hydrogens is 458 g/mol. The third-order valence-corrected chi connectivity index (χ3v) is 6.35. The van der Waals surface area contributed by atoms with E-state index in [1.807, 2.05) is 13.8 Å². The molecule has 12 nitrogen and oxygen atoms in total. The number of aliphatic hydroxyl groups excluding tert-OH is 2. The maximum absolute atomic E-state index is 11.9. The van der Waals surface area contributed by atoms with E-state index in [1.165, 1.54) is 12.5 Å². The number of nitrogens with one attached hydrogen (secondary N) is 1. The van der Waals surface area contributed by atoms with Crippen LogP contribution in [0.3, 0.4) is 0 Å². The fourth-order valence-corrected chi connectivity index (χ4v) is 4.27. The van der Waals surface area contributed by atoms with Crippen molar-refractivity contribution < 1.29 is 34.0 Å². The second kappa shape index (κ2) is 10.4. The molecule has 0 radical (unpaired) electrons. The lowest BCUT2D eigenvalue weighted by Gasteiger charge is -2.18. The monoisotopic (exact) mass is 491 g/mol. The fourth-order valence-electron chi connectivity index (χ4n) is 4.27. The van der Waals surface area contributed by atoms with Crippen LogP contribution in [0.5, 0.6) is 0 Å². The van der Waals surface area contributed by atoms with E-state index in [0.717, 1.165) is 12.8 Å². The van der Waals surface area contributed by atoms with Crippen LogP contribution in [0.1, 0.15) is 53.2 Å². The molecular formula is C23H33N5O7. The van der Waals surface area contributed by atoms with Gasteiger partial charge in [0, 0.05) is 12.5 Å². The van der Waals surface area contributed by atoms with E-state index >= 15 is 0 Å². The number of hydrogen-bond donors (Lipinski definition) is 3. The highest BCUT2D eigenvalue weighted by molar-refractivity contribution is 5.85. The molecule has 1 aliphatic heterocycles. The zero-order valence-electron chi connectivity index (χ0n) is 20.3. The Balaban J connectivity index is 1.44. The van der Waals surface area contributed by atoms with Crippen LogP contribution in [0, 0.1) is 11.8 Å². The Hall–Kier alpha value is -2.83. The maximum atomic E-state index is 11.9. The Morgan fingerprint density at radius 1 is 1.17 bits per heavy atom. The third kappa shape index (κ3) is 5.39. The van der Waals surface area contributed by atoms with Gasteiger partial charge in [-0.05, 0) is 12.8 Å². The van der Waals surface area contributed by atoms with Gasteiger partial charge in [0.2, 0.25) is 0 Å². The van der Waals surface area contributed by atoms with Gasteiger partial charge in [0.25, 0.3) is 0 Å². The summed E-state index contributed by atoms with van der Waals surface area (Å²) in [6.45, 7) is 6.86. The number of hydrogen-bond acceptors (Lipinski definition) is 11. The minimum Gasteiger partial charge on any atom is -0.463 e. The van der Waals surface area contributed by atoms with Gasteiger partial charge in [0.15, 0.2) is 12.0 Å². The lowest BCUT2D eigenvalue weighted by atomic mass is 10.1. The Labute approximate surface area is 203 Å². The minimum atomic E-state index is -1.26. The number of nitrogens with zero attached hydrogens (tertiary/aromatic N) is 4. The Morgan fingerprint density at radius 3 is 2.63 bits per heavy atom. The topological polar surface area (TPSA) is 158 Å². The molecule has 0 bridgehead atoms. The number of carbonyl (C=O) groups excluding carboxylic acids is 2. The van der Waals surface area contributed by atoms with E-state index in [0.29, 0.717) is 23.3 Å². The van der Waals surface area contributed by atoms with Crippen LogP contribution in [0.25, 0.3) is 11.0 Å². The highest BCUT2D eigenvalue weighted by Crippen LogP contribution is 2.34. The predicted molar refractivity (Wildman–Crippen MR) is 123 cm³/mol. The third-order valence-electron chi connectivity index (χ3n) is 6.35. The molecule has 0 spiro atoms. The Kier molecular flexibility index (Phi) is 7.53. The minimum absolute atomic E-state index is 0.0418.